The summed E-state index contributed by atoms with van der Waals surface area (Å²) in [6.45, 7) is 2.70. The quantitative estimate of drug-likeness (QED) is 0.802. The maximum absolute atomic E-state index is 11.9. The number of fused-ring (bicyclic) bond motifs is 1. The van der Waals surface area contributed by atoms with Crippen LogP contribution in [0.3, 0.4) is 0 Å². The molecule has 2 N–H and O–H groups in total. The average molecular weight is 273 g/mol. The molecule has 0 bridgehead atoms. The van der Waals surface area contributed by atoms with Crippen molar-refractivity contribution in [3.63, 3.8) is 0 Å². The Labute approximate surface area is 115 Å². The summed E-state index contributed by atoms with van der Waals surface area (Å²) in [4.78, 5) is 23.4. The number of nitrogens with one attached hydrogen (secondary N) is 2. The Balaban J connectivity index is 1.72. The van der Waals surface area contributed by atoms with E-state index >= 15 is 0 Å². The predicted molar refractivity (Wildman–Crippen MR) is 71.5 cm³/mol. The Kier molecular flexibility index (Phi) is 3.09. The number of benzene rings is 1. The van der Waals surface area contributed by atoms with Crippen molar-refractivity contribution in [3.05, 3.63) is 23.8 Å². The SMILES string of the molecule is CCn1nnc2cc(C(=O)NNC(=O)C3CC3)ccc21. The fraction of sp³-hybridized carbons (Fsp3) is 0.385. The van der Waals surface area contributed by atoms with Crippen LogP contribution in [0.2, 0.25) is 0 Å². The first-order valence-electron chi connectivity index (χ1n) is 6.62. The second kappa shape index (κ2) is 4.92. The summed E-state index contributed by atoms with van der Waals surface area (Å²) >= 11 is 0. The Morgan fingerprint density at radius 1 is 1.35 bits per heavy atom. The number of carbonyl (C=O) groups excluding carboxylic acids is 2. The average Bonchev–Trinajstić information content (AvgIpc) is 3.24. The molecule has 2 amide bonds. The predicted octanol–water partition coefficient (Wildman–Crippen LogP) is 0.622. The van der Waals surface area contributed by atoms with Gasteiger partial charge in [-0.3, -0.25) is 20.4 Å². The first-order chi connectivity index (χ1) is 9.69. The summed E-state index contributed by atoms with van der Waals surface area (Å²) in [5.41, 5.74) is 6.82. The van der Waals surface area contributed by atoms with Gasteiger partial charge in [0, 0.05) is 18.0 Å². The normalized spacial score (nSPS) is 14.2. The highest BCUT2D eigenvalue weighted by atomic mass is 16.2. The first-order valence-corrected chi connectivity index (χ1v) is 6.62. The molecule has 1 aliphatic carbocycles. The van der Waals surface area contributed by atoms with Crippen LogP contribution in [0.5, 0.6) is 0 Å². The number of hydrazine groups is 1. The maximum Gasteiger partial charge on any atom is 0.269 e. The van der Waals surface area contributed by atoms with Gasteiger partial charge < -0.3 is 0 Å². The molecule has 0 radical (unpaired) electrons. The van der Waals surface area contributed by atoms with Gasteiger partial charge >= 0.3 is 0 Å². The van der Waals surface area contributed by atoms with Crippen LogP contribution in [0, 0.1) is 5.92 Å². The van der Waals surface area contributed by atoms with Crippen LogP contribution in [-0.2, 0) is 11.3 Å². The van der Waals surface area contributed by atoms with Crippen LogP contribution in [-0.4, -0.2) is 26.8 Å². The van der Waals surface area contributed by atoms with E-state index in [1.165, 1.54) is 0 Å². The van der Waals surface area contributed by atoms with Gasteiger partial charge in [0.15, 0.2) is 0 Å². The molecule has 1 heterocycles. The van der Waals surface area contributed by atoms with Crippen molar-refractivity contribution in [2.24, 2.45) is 5.92 Å². The zero-order valence-electron chi connectivity index (χ0n) is 11.1. The second-order valence-electron chi connectivity index (χ2n) is 4.83. The number of hydrogen-bond acceptors (Lipinski definition) is 4. The number of hydrogen-bond donors (Lipinski definition) is 2. The summed E-state index contributed by atoms with van der Waals surface area (Å²) in [5.74, 6) is -0.425. The van der Waals surface area contributed by atoms with Crippen molar-refractivity contribution in [3.8, 4) is 0 Å². The van der Waals surface area contributed by atoms with Crippen molar-refractivity contribution in [2.45, 2.75) is 26.3 Å². The van der Waals surface area contributed by atoms with Crippen LogP contribution in [0.15, 0.2) is 18.2 Å². The molecule has 0 aliphatic heterocycles. The minimum Gasteiger partial charge on any atom is -0.273 e. The van der Waals surface area contributed by atoms with E-state index in [2.05, 4.69) is 21.2 Å². The fourth-order valence-corrected chi connectivity index (χ4v) is 1.99. The number of nitrogens with zero attached hydrogens (tertiary/aromatic N) is 3. The van der Waals surface area contributed by atoms with Gasteiger partial charge in [0.2, 0.25) is 5.91 Å². The summed E-state index contributed by atoms with van der Waals surface area (Å²) in [5, 5.41) is 8.00. The molecule has 3 rings (SSSR count). The summed E-state index contributed by atoms with van der Waals surface area (Å²) in [7, 11) is 0. The van der Waals surface area contributed by atoms with Crippen molar-refractivity contribution in [1.82, 2.24) is 25.8 Å². The van der Waals surface area contributed by atoms with Crippen molar-refractivity contribution in [2.75, 3.05) is 0 Å². The van der Waals surface area contributed by atoms with E-state index in [9.17, 15) is 9.59 Å². The molecule has 1 saturated carbocycles. The molecule has 104 valence electrons. The third-order valence-electron chi connectivity index (χ3n) is 3.32. The van der Waals surface area contributed by atoms with Crippen molar-refractivity contribution >= 4 is 22.8 Å². The number of aromatic nitrogens is 3. The highest BCUT2D eigenvalue weighted by molar-refractivity contribution is 5.98. The Hall–Kier alpha value is -2.44. The number of rotatable bonds is 3. The molecular formula is C13H15N5O2. The van der Waals surface area contributed by atoms with Crippen LogP contribution in [0.1, 0.15) is 30.1 Å². The smallest absolute Gasteiger partial charge is 0.269 e. The molecule has 1 aliphatic rings. The van der Waals surface area contributed by atoms with Gasteiger partial charge in [-0.1, -0.05) is 5.21 Å². The third-order valence-corrected chi connectivity index (χ3v) is 3.32. The van der Waals surface area contributed by atoms with Gasteiger partial charge in [-0.15, -0.1) is 5.10 Å². The van der Waals surface area contributed by atoms with Gasteiger partial charge in [0.05, 0.1) is 5.52 Å². The summed E-state index contributed by atoms with van der Waals surface area (Å²) in [6.07, 6.45) is 1.79. The van der Waals surface area contributed by atoms with E-state index in [1.54, 1.807) is 22.9 Å². The first kappa shape index (κ1) is 12.6. The second-order valence-corrected chi connectivity index (χ2v) is 4.83. The topological polar surface area (TPSA) is 88.9 Å². The lowest BCUT2D eigenvalue weighted by molar-refractivity contribution is -0.123. The molecule has 0 spiro atoms. The van der Waals surface area contributed by atoms with Crippen LogP contribution in [0.25, 0.3) is 11.0 Å². The lowest BCUT2D eigenvalue weighted by Gasteiger charge is -2.06. The van der Waals surface area contributed by atoms with E-state index in [0.29, 0.717) is 11.1 Å². The van der Waals surface area contributed by atoms with Gasteiger partial charge in [-0.25, -0.2) is 4.68 Å². The summed E-state index contributed by atoms with van der Waals surface area (Å²) < 4.78 is 1.76. The van der Waals surface area contributed by atoms with Crippen LogP contribution < -0.4 is 10.9 Å². The van der Waals surface area contributed by atoms with Crippen molar-refractivity contribution in [1.29, 1.82) is 0 Å². The highest BCUT2D eigenvalue weighted by Crippen LogP contribution is 2.28. The van der Waals surface area contributed by atoms with Gasteiger partial charge in [-0.2, -0.15) is 0 Å². The van der Waals surface area contributed by atoms with Crippen LogP contribution in [0.4, 0.5) is 0 Å². The lowest BCUT2D eigenvalue weighted by atomic mass is 10.2. The Morgan fingerprint density at radius 3 is 2.85 bits per heavy atom. The van der Waals surface area contributed by atoms with Gasteiger partial charge in [0.25, 0.3) is 5.91 Å². The third kappa shape index (κ3) is 2.34. The molecule has 7 nitrogen and oxygen atoms in total. The standard InChI is InChI=1S/C13H15N5O2/c1-2-18-11-6-5-9(7-10(11)14-17-18)13(20)16-15-12(19)8-3-4-8/h5-8H,2-4H2,1H3,(H,15,19)(H,16,20). The maximum atomic E-state index is 11.9. The highest BCUT2D eigenvalue weighted by Gasteiger charge is 2.29. The lowest BCUT2D eigenvalue weighted by Crippen LogP contribution is -2.42. The fourth-order valence-electron chi connectivity index (χ4n) is 1.99. The van der Waals surface area contributed by atoms with E-state index in [4.69, 9.17) is 0 Å². The molecule has 7 heteroatoms. The Morgan fingerprint density at radius 2 is 2.15 bits per heavy atom. The molecule has 20 heavy (non-hydrogen) atoms. The Bertz CT molecular complexity index is 674. The minimum atomic E-state index is -0.355. The number of amides is 2. The van der Waals surface area contributed by atoms with Gasteiger partial charge in [-0.05, 0) is 38.0 Å². The van der Waals surface area contributed by atoms with Gasteiger partial charge in [0.1, 0.15) is 5.52 Å². The van der Waals surface area contributed by atoms with Crippen LogP contribution >= 0.6 is 0 Å². The molecule has 1 aromatic carbocycles. The monoisotopic (exact) mass is 273 g/mol. The zero-order chi connectivity index (χ0) is 14.1. The number of aryl methyl sites for hydroxylation is 1. The molecule has 1 fully saturated rings. The van der Waals surface area contributed by atoms with E-state index < -0.39 is 0 Å². The largest absolute Gasteiger partial charge is 0.273 e. The number of carbonyl (C=O) groups is 2. The van der Waals surface area contributed by atoms with Crippen molar-refractivity contribution < 1.29 is 9.59 Å². The van der Waals surface area contributed by atoms with E-state index in [0.717, 1.165) is 24.9 Å². The molecule has 0 saturated heterocycles. The molecule has 0 unspecified atom stereocenters. The minimum absolute atomic E-state index is 0.0576. The zero-order valence-corrected chi connectivity index (χ0v) is 11.1. The molecular weight excluding hydrogens is 258 g/mol. The summed E-state index contributed by atoms with van der Waals surface area (Å²) in [6, 6.07) is 5.15. The molecule has 1 aromatic heterocycles. The molecule has 0 atom stereocenters. The van der Waals surface area contributed by atoms with E-state index in [1.807, 2.05) is 6.92 Å². The van der Waals surface area contributed by atoms with E-state index in [-0.39, 0.29) is 17.7 Å². The molecule has 2 aromatic rings.